The fraction of sp³-hybridized carbons (Fsp3) is 0.273. The van der Waals surface area contributed by atoms with E-state index in [-0.39, 0.29) is 18.2 Å². The first-order chi connectivity index (χ1) is 14.0. The molecule has 154 valence electrons. The fourth-order valence-corrected chi connectivity index (χ4v) is 2.56. The minimum atomic E-state index is -0.259. The van der Waals surface area contributed by atoms with E-state index < -0.39 is 0 Å². The van der Waals surface area contributed by atoms with Crippen molar-refractivity contribution in [1.29, 1.82) is 0 Å². The van der Waals surface area contributed by atoms with Gasteiger partial charge >= 0.3 is 0 Å². The van der Waals surface area contributed by atoms with Gasteiger partial charge in [-0.2, -0.15) is 0 Å². The van der Waals surface area contributed by atoms with Crippen molar-refractivity contribution in [3.05, 3.63) is 59.7 Å². The van der Waals surface area contributed by atoms with Gasteiger partial charge in [0.2, 0.25) is 11.8 Å². The maximum atomic E-state index is 12.1. The summed E-state index contributed by atoms with van der Waals surface area (Å²) in [5.74, 6) is 0.889. The molecule has 2 rings (SSSR count). The normalized spacial score (nSPS) is 10.6. The van der Waals surface area contributed by atoms with Crippen LogP contribution in [0.25, 0.3) is 6.08 Å². The van der Waals surface area contributed by atoms with E-state index >= 15 is 0 Å². The lowest BCUT2D eigenvalue weighted by atomic mass is 10.1. The molecule has 0 heterocycles. The lowest BCUT2D eigenvalue weighted by Crippen LogP contribution is -2.28. The largest absolute Gasteiger partial charge is 0.493 e. The average molecular weight is 398 g/mol. The first-order valence-corrected chi connectivity index (χ1v) is 9.11. The molecular weight excluding hydrogens is 372 g/mol. The SMILES string of the molecule is COCCNC(=O)Cc1ccc(NC(=O)/C=C/c2ccc(OC)c(OC)c2)cc1. The molecule has 2 aromatic carbocycles. The van der Waals surface area contributed by atoms with E-state index in [4.69, 9.17) is 14.2 Å². The zero-order valence-electron chi connectivity index (χ0n) is 16.9. The molecule has 0 aliphatic rings. The molecule has 0 aliphatic carbocycles. The van der Waals surface area contributed by atoms with Gasteiger partial charge in [-0.05, 0) is 41.5 Å². The van der Waals surface area contributed by atoms with Gasteiger partial charge in [0.1, 0.15) is 0 Å². The summed E-state index contributed by atoms with van der Waals surface area (Å²) in [5.41, 5.74) is 2.32. The van der Waals surface area contributed by atoms with Gasteiger partial charge in [-0.3, -0.25) is 9.59 Å². The van der Waals surface area contributed by atoms with Crippen molar-refractivity contribution in [1.82, 2.24) is 5.32 Å². The molecule has 0 bridgehead atoms. The topological polar surface area (TPSA) is 85.9 Å². The van der Waals surface area contributed by atoms with Crippen LogP contribution in [-0.2, 0) is 20.7 Å². The van der Waals surface area contributed by atoms with Gasteiger partial charge in [-0.25, -0.2) is 0 Å². The number of rotatable bonds is 10. The van der Waals surface area contributed by atoms with Crippen LogP contribution >= 0.6 is 0 Å². The second kappa shape index (κ2) is 11.5. The summed E-state index contributed by atoms with van der Waals surface area (Å²) in [6, 6.07) is 12.5. The monoisotopic (exact) mass is 398 g/mol. The van der Waals surface area contributed by atoms with Gasteiger partial charge in [0, 0.05) is 25.4 Å². The summed E-state index contributed by atoms with van der Waals surface area (Å²) in [6.45, 7) is 0.962. The molecule has 0 atom stereocenters. The molecule has 7 heteroatoms. The van der Waals surface area contributed by atoms with Crippen LogP contribution in [0.4, 0.5) is 5.69 Å². The van der Waals surface area contributed by atoms with Gasteiger partial charge in [0.05, 0.1) is 27.2 Å². The molecule has 0 aromatic heterocycles. The van der Waals surface area contributed by atoms with Crippen LogP contribution in [0.1, 0.15) is 11.1 Å². The highest BCUT2D eigenvalue weighted by Gasteiger charge is 2.05. The Morgan fingerprint density at radius 2 is 1.69 bits per heavy atom. The number of benzene rings is 2. The van der Waals surface area contributed by atoms with Crippen molar-refractivity contribution in [2.45, 2.75) is 6.42 Å². The van der Waals surface area contributed by atoms with Crippen LogP contribution in [-0.4, -0.2) is 46.3 Å². The molecule has 29 heavy (non-hydrogen) atoms. The predicted octanol–water partition coefficient (Wildman–Crippen LogP) is 2.66. The van der Waals surface area contributed by atoms with Gasteiger partial charge in [0.15, 0.2) is 11.5 Å². The van der Waals surface area contributed by atoms with Crippen LogP contribution in [0, 0.1) is 0 Å². The third kappa shape index (κ3) is 7.31. The highest BCUT2D eigenvalue weighted by Crippen LogP contribution is 2.27. The molecule has 0 aliphatic heterocycles. The number of anilines is 1. The second-order valence-electron chi connectivity index (χ2n) is 6.15. The maximum absolute atomic E-state index is 12.1. The zero-order chi connectivity index (χ0) is 21.1. The van der Waals surface area contributed by atoms with E-state index in [1.54, 1.807) is 51.7 Å². The van der Waals surface area contributed by atoms with Crippen molar-refractivity contribution < 1.29 is 23.8 Å². The molecule has 0 unspecified atom stereocenters. The molecule has 2 N–H and O–H groups in total. The quantitative estimate of drug-likeness (QED) is 0.475. The minimum absolute atomic E-state index is 0.0725. The van der Waals surface area contributed by atoms with Gasteiger partial charge in [-0.15, -0.1) is 0 Å². The standard InChI is InChI=1S/C22H26N2O5/c1-27-13-12-23-22(26)15-17-4-8-18(9-5-17)24-21(25)11-7-16-6-10-19(28-2)20(14-16)29-3/h4-11,14H,12-13,15H2,1-3H3,(H,23,26)(H,24,25)/b11-7+. The summed E-state index contributed by atoms with van der Waals surface area (Å²) in [5, 5.41) is 5.55. The molecule has 0 fully saturated rings. The minimum Gasteiger partial charge on any atom is -0.493 e. The summed E-state index contributed by atoms with van der Waals surface area (Å²) in [4.78, 5) is 23.9. The Labute approximate surface area is 170 Å². The molecule has 2 amide bonds. The van der Waals surface area contributed by atoms with Crippen molar-refractivity contribution >= 4 is 23.6 Å². The van der Waals surface area contributed by atoms with Gasteiger partial charge in [0.25, 0.3) is 0 Å². The van der Waals surface area contributed by atoms with Crippen LogP contribution in [0.3, 0.4) is 0 Å². The number of ether oxygens (including phenoxy) is 3. The van der Waals surface area contributed by atoms with E-state index in [0.717, 1.165) is 11.1 Å². The van der Waals surface area contributed by atoms with Crippen LogP contribution < -0.4 is 20.1 Å². The third-order valence-corrected chi connectivity index (χ3v) is 4.05. The molecule has 0 saturated heterocycles. The number of amides is 2. The van der Waals surface area contributed by atoms with E-state index in [2.05, 4.69) is 10.6 Å². The van der Waals surface area contributed by atoms with Gasteiger partial charge < -0.3 is 24.8 Å². The molecule has 0 radical (unpaired) electrons. The van der Waals surface area contributed by atoms with E-state index in [0.29, 0.717) is 30.3 Å². The van der Waals surface area contributed by atoms with Gasteiger partial charge in [-0.1, -0.05) is 18.2 Å². The highest BCUT2D eigenvalue weighted by molar-refractivity contribution is 6.02. The number of hydrogen-bond acceptors (Lipinski definition) is 5. The molecule has 0 spiro atoms. The number of nitrogens with one attached hydrogen (secondary N) is 2. The Morgan fingerprint density at radius 3 is 2.34 bits per heavy atom. The average Bonchev–Trinajstić information content (AvgIpc) is 2.73. The lowest BCUT2D eigenvalue weighted by molar-refractivity contribution is -0.120. The number of carbonyl (C=O) groups excluding carboxylic acids is 2. The van der Waals surface area contributed by atoms with E-state index in [1.165, 1.54) is 6.08 Å². The molecule has 7 nitrogen and oxygen atoms in total. The van der Waals surface area contributed by atoms with E-state index in [9.17, 15) is 9.59 Å². The number of carbonyl (C=O) groups is 2. The van der Waals surface area contributed by atoms with Crippen LogP contribution in [0.2, 0.25) is 0 Å². The summed E-state index contributed by atoms with van der Waals surface area (Å²) in [7, 11) is 4.72. The summed E-state index contributed by atoms with van der Waals surface area (Å²) in [6.07, 6.45) is 3.41. The maximum Gasteiger partial charge on any atom is 0.248 e. The summed E-state index contributed by atoms with van der Waals surface area (Å²) < 4.78 is 15.3. The Balaban J connectivity index is 1.89. The number of hydrogen-bond donors (Lipinski definition) is 2. The van der Waals surface area contributed by atoms with Crippen LogP contribution in [0.15, 0.2) is 48.5 Å². The van der Waals surface area contributed by atoms with Crippen molar-refractivity contribution in [2.75, 3.05) is 39.8 Å². The first-order valence-electron chi connectivity index (χ1n) is 9.11. The van der Waals surface area contributed by atoms with Crippen molar-refractivity contribution in [2.24, 2.45) is 0 Å². The zero-order valence-corrected chi connectivity index (χ0v) is 16.9. The van der Waals surface area contributed by atoms with Crippen molar-refractivity contribution in [3.63, 3.8) is 0 Å². The van der Waals surface area contributed by atoms with Crippen LogP contribution in [0.5, 0.6) is 11.5 Å². The predicted molar refractivity (Wildman–Crippen MR) is 112 cm³/mol. The Morgan fingerprint density at radius 1 is 0.966 bits per heavy atom. The molecule has 0 saturated carbocycles. The molecular formula is C22H26N2O5. The third-order valence-electron chi connectivity index (χ3n) is 4.05. The Kier molecular flexibility index (Phi) is 8.72. The lowest BCUT2D eigenvalue weighted by Gasteiger charge is -2.08. The second-order valence-corrected chi connectivity index (χ2v) is 6.15. The summed E-state index contributed by atoms with van der Waals surface area (Å²) >= 11 is 0. The smallest absolute Gasteiger partial charge is 0.248 e. The number of methoxy groups -OCH3 is 3. The highest BCUT2D eigenvalue weighted by atomic mass is 16.5. The fourth-order valence-electron chi connectivity index (χ4n) is 2.56. The van der Waals surface area contributed by atoms with Crippen molar-refractivity contribution in [3.8, 4) is 11.5 Å². The molecule has 2 aromatic rings. The Bertz CT molecular complexity index is 847. The van der Waals surface area contributed by atoms with E-state index in [1.807, 2.05) is 18.2 Å². The Hall–Kier alpha value is -3.32. The first kappa shape index (κ1) is 22.0.